The predicted molar refractivity (Wildman–Crippen MR) is 87.1 cm³/mol. The number of benzene rings is 3. The molecule has 0 heterocycles. The van der Waals surface area contributed by atoms with E-state index in [2.05, 4.69) is 30.3 Å². The van der Waals surface area contributed by atoms with Crippen LogP contribution in [0.4, 0.5) is 0 Å². The summed E-state index contributed by atoms with van der Waals surface area (Å²) in [7, 11) is 1.40. The second-order valence-corrected chi connectivity index (χ2v) is 5.05. The lowest BCUT2D eigenvalue weighted by Crippen LogP contribution is -2.01. The van der Waals surface area contributed by atoms with Crippen molar-refractivity contribution in [1.29, 1.82) is 0 Å². The summed E-state index contributed by atoms with van der Waals surface area (Å²) in [5.74, 6) is -0.299. The molecule has 104 valence electrons. The third-order valence-corrected chi connectivity index (χ3v) is 3.68. The van der Waals surface area contributed by atoms with Crippen LogP contribution in [0.15, 0.2) is 60.2 Å². The highest BCUT2D eigenvalue weighted by molar-refractivity contribution is 6.08. The zero-order chi connectivity index (χ0) is 14.8. The Kier molecular flexibility index (Phi) is 3.44. The molecule has 3 aromatic rings. The summed E-state index contributed by atoms with van der Waals surface area (Å²) in [6.07, 6.45) is 1.91. The minimum absolute atomic E-state index is 0.299. The van der Waals surface area contributed by atoms with Gasteiger partial charge < -0.3 is 4.74 Å². The van der Waals surface area contributed by atoms with Crippen molar-refractivity contribution in [3.05, 3.63) is 65.7 Å². The Labute approximate surface area is 123 Å². The van der Waals surface area contributed by atoms with Crippen LogP contribution in [-0.2, 0) is 9.53 Å². The summed E-state index contributed by atoms with van der Waals surface area (Å²) >= 11 is 0. The smallest absolute Gasteiger partial charge is 0.333 e. The topological polar surface area (TPSA) is 26.3 Å². The molecule has 0 saturated heterocycles. The number of esters is 1. The SMILES string of the molecule is COC(=O)C(C)=Cc1c2ccccc2cc2ccccc12. The molecule has 0 saturated carbocycles. The van der Waals surface area contributed by atoms with Gasteiger partial charge in [-0.25, -0.2) is 4.79 Å². The first-order valence-corrected chi connectivity index (χ1v) is 6.88. The third-order valence-electron chi connectivity index (χ3n) is 3.68. The Balaban J connectivity index is 2.38. The first-order chi connectivity index (χ1) is 10.2. The van der Waals surface area contributed by atoms with E-state index >= 15 is 0 Å². The molecule has 3 aromatic carbocycles. The van der Waals surface area contributed by atoms with Gasteiger partial charge in [-0.1, -0.05) is 48.5 Å². The second kappa shape index (κ2) is 5.41. The number of hydrogen-bond donors (Lipinski definition) is 0. The molecular weight excluding hydrogens is 260 g/mol. The molecule has 0 unspecified atom stereocenters. The number of fused-ring (bicyclic) bond motifs is 2. The van der Waals surface area contributed by atoms with Gasteiger partial charge in [0.2, 0.25) is 0 Å². The van der Waals surface area contributed by atoms with Crippen LogP contribution in [0.5, 0.6) is 0 Å². The molecule has 21 heavy (non-hydrogen) atoms. The molecule has 2 heteroatoms. The van der Waals surface area contributed by atoms with Crippen molar-refractivity contribution in [3.8, 4) is 0 Å². The fraction of sp³-hybridized carbons (Fsp3) is 0.105. The van der Waals surface area contributed by atoms with Crippen LogP contribution < -0.4 is 0 Å². The summed E-state index contributed by atoms with van der Waals surface area (Å²) in [4.78, 5) is 11.7. The molecule has 0 aliphatic carbocycles. The van der Waals surface area contributed by atoms with E-state index in [4.69, 9.17) is 4.74 Å². The summed E-state index contributed by atoms with van der Waals surface area (Å²) in [5, 5.41) is 4.61. The van der Waals surface area contributed by atoms with E-state index in [9.17, 15) is 4.79 Å². The average molecular weight is 276 g/mol. The highest BCUT2D eigenvalue weighted by Crippen LogP contribution is 2.30. The van der Waals surface area contributed by atoms with E-state index in [1.54, 1.807) is 6.92 Å². The van der Waals surface area contributed by atoms with Crippen molar-refractivity contribution in [3.63, 3.8) is 0 Å². The first kappa shape index (κ1) is 13.4. The average Bonchev–Trinajstić information content (AvgIpc) is 2.53. The minimum atomic E-state index is -0.299. The van der Waals surface area contributed by atoms with Crippen LogP contribution in [-0.4, -0.2) is 13.1 Å². The Bertz CT molecular complexity index is 806. The maximum Gasteiger partial charge on any atom is 0.333 e. The molecule has 0 bridgehead atoms. The highest BCUT2D eigenvalue weighted by atomic mass is 16.5. The molecule has 0 aromatic heterocycles. The van der Waals surface area contributed by atoms with E-state index < -0.39 is 0 Å². The van der Waals surface area contributed by atoms with Crippen LogP contribution in [0.2, 0.25) is 0 Å². The highest BCUT2D eigenvalue weighted by Gasteiger charge is 2.08. The van der Waals surface area contributed by atoms with Crippen molar-refractivity contribution < 1.29 is 9.53 Å². The van der Waals surface area contributed by atoms with Crippen molar-refractivity contribution in [2.75, 3.05) is 7.11 Å². The Morgan fingerprint density at radius 2 is 1.48 bits per heavy atom. The van der Waals surface area contributed by atoms with Gasteiger partial charge in [0.25, 0.3) is 0 Å². The van der Waals surface area contributed by atoms with Gasteiger partial charge in [-0.2, -0.15) is 0 Å². The number of hydrogen-bond acceptors (Lipinski definition) is 2. The van der Waals surface area contributed by atoms with Gasteiger partial charge in [0.05, 0.1) is 7.11 Å². The number of methoxy groups -OCH3 is 1. The molecule has 0 aliphatic rings. The van der Waals surface area contributed by atoms with E-state index in [0.29, 0.717) is 5.57 Å². The molecule has 0 spiro atoms. The van der Waals surface area contributed by atoms with Crippen molar-refractivity contribution in [1.82, 2.24) is 0 Å². The molecule has 0 radical (unpaired) electrons. The number of carbonyl (C=O) groups excluding carboxylic acids is 1. The lowest BCUT2D eigenvalue weighted by Gasteiger charge is -2.09. The summed E-state index contributed by atoms with van der Waals surface area (Å²) < 4.78 is 4.80. The monoisotopic (exact) mass is 276 g/mol. The molecular formula is C19H16O2. The van der Waals surface area contributed by atoms with Crippen LogP contribution in [0.25, 0.3) is 27.6 Å². The lowest BCUT2D eigenvalue weighted by atomic mass is 9.95. The van der Waals surface area contributed by atoms with Gasteiger partial charge in [0, 0.05) is 5.57 Å². The largest absolute Gasteiger partial charge is 0.466 e. The Morgan fingerprint density at radius 3 is 2.00 bits per heavy atom. The maximum absolute atomic E-state index is 11.7. The predicted octanol–water partition coefficient (Wildman–Crippen LogP) is 4.57. The molecule has 3 rings (SSSR count). The van der Waals surface area contributed by atoms with Crippen molar-refractivity contribution in [2.24, 2.45) is 0 Å². The molecule has 0 amide bonds. The Hall–Kier alpha value is -2.61. The summed E-state index contributed by atoms with van der Waals surface area (Å²) in [6, 6.07) is 18.6. The standard InChI is InChI=1S/C19H16O2/c1-13(19(20)21-2)11-18-16-9-5-3-7-14(16)12-15-8-4-6-10-17(15)18/h3-12H,1-2H3. The Morgan fingerprint density at radius 1 is 0.952 bits per heavy atom. The van der Waals surface area contributed by atoms with Gasteiger partial charge in [0.15, 0.2) is 0 Å². The number of carbonyl (C=O) groups is 1. The fourth-order valence-electron chi connectivity index (χ4n) is 2.64. The number of ether oxygens (including phenoxy) is 1. The van der Waals surface area contributed by atoms with E-state index in [0.717, 1.165) is 16.3 Å². The zero-order valence-electron chi connectivity index (χ0n) is 12.1. The van der Waals surface area contributed by atoms with Crippen LogP contribution in [0.3, 0.4) is 0 Å². The summed E-state index contributed by atoms with van der Waals surface area (Å²) in [5.41, 5.74) is 1.66. The van der Waals surface area contributed by atoms with Gasteiger partial charge in [-0.05, 0) is 46.2 Å². The van der Waals surface area contributed by atoms with E-state index in [1.165, 1.54) is 17.9 Å². The van der Waals surface area contributed by atoms with Gasteiger partial charge in [-0.15, -0.1) is 0 Å². The zero-order valence-corrected chi connectivity index (χ0v) is 12.1. The number of rotatable bonds is 2. The van der Waals surface area contributed by atoms with Gasteiger partial charge in [-0.3, -0.25) is 0 Å². The maximum atomic E-state index is 11.7. The molecule has 0 aliphatic heterocycles. The first-order valence-electron chi connectivity index (χ1n) is 6.88. The van der Waals surface area contributed by atoms with Crippen LogP contribution >= 0.6 is 0 Å². The van der Waals surface area contributed by atoms with Crippen LogP contribution in [0.1, 0.15) is 12.5 Å². The normalized spacial score (nSPS) is 11.8. The van der Waals surface area contributed by atoms with Crippen LogP contribution in [0, 0.1) is 0 Å². The van der Waals surface area contributed by atoms with Gasteiger partial charge >= 0.3 is 5.97 Å². The van der Waals surface area contributed by atoms with E-state index in [1.807, 2.05) is 30.3 Å². The third kappa shape index (κ3) is 2.40. The minimum Gasteiger partial charge on any atom is -0.466 e. The van der Waals surface area contributed by atoms with Gasteiger partial charge in [0.1, 0.15) is 0 Å². The second-order valence-electron chi connectivity index (χ2n) is 5.05. The molecule has 2 nitrogen and oxygen atoms in total. The quantitative estimate of drug-likeness (QED) is 0.389. The summed E-state index contributed by atoms with van der Waals surface area (Å²) in [6.45, 7) is 1.78. The van der Waals surface area contributed by atoms with E-state index in [-0.39, 0.29) is 5.97 Å². The fourth-order valence-corrected chi connectivity index (χ4v) is 2.64. The van der Waals surface area contributed by atoms with Crippen molar-refractivity contribution >= 4 is 33.6 Å². The van der Waals surface area contributed by atoms with Crippen molar-refractivity contribution in [2.45, 2.75) is 6.92 Å². The lowest BCUT2D eigenvalue weighted by molar-refractivity contribution is -0.135. The molecule has 0 atom stereocenters. The molecule has 0 N–H and O–H groups in total. The molecule has 0 fully saturated rings.